The van der Waals surface area contributed by atoms with Crippen molar-refractivity contribution in [2.45, 2.75) is 18.9 Å². The van der Waals surface area contributed by atoms with Gasteiger partial charge in [0.2, 0.25) is 5.91 Å². The Morgan fingerprint density at radius 2 is 1.64 bits per heavy atom. The fourth-order valence-electron chi connectivity index (χ4n) is 4.44. The number of hydrogen-bond donors (Lipinski definition) is 2. The van der Waals surface area contributed by atoms with E-state index >= 15 is 0 Å². The lowest BCUT2D eigenvalue weighted by Crippen LogP contribution is -2.41. The molecule has 0 aliphatic carbocycles. The number of aromatic nitrogens is 2. The van der Waals surface area contributed by atoms with E-state index < -0.39 is 0 Å². The third-order valence-electron chi connectivity index (χ3n) is 6.05. The fraction of sp³-hybridized carbons (Fsp3) is 0.231. The number of amides is 1. The average molecular weight is 443 g/mol. The van der Waals surface area contributed by atoms with Gasteiger partial charge >= 0.3 is 5.69 Å². The van der Waals surface area contributed by atoms with Gasteiger partial charge in [0.25, 0.3) is 0 Å². The summed E-state index contributed by atoms with van der Waals surface area (Å²) in [4.78, 5) is 30.3. The van der Waals surface area contributed by atoms with E-state index in [4.69, 9.17) is 4.74 Å². The van der Waals surface area contributed by atoms with Gasteiger partial charge in [-0.15, -0.1) is 0 Å². The minimum Gasteiger partial charge on any atom is -0.455 e. The summed E-state index contributed by atoms with van der Waals surface area (Å²) < 4.78 is 7.80. The summed E-state index contributed by atoms with van der Waals surface area (Å²) in [5.74, 6) is 1.24. The summed E-state index contributed by atoms with van der Waals surface area (Å²) in [6.07, 6.45) is 1.64. The number of nitrogens with zero attached hydrogens (tertiary/aromatic N) is 2. The zero-order chi connectivity index (χ0) is 22.6. The third kappa shape index (κ3) is 4.68. The predicted molar refractivity (Wildman–Crippen MR) is 129 cm³/mol. The molecule has 0 saturated carbocycles. The Kier molecular flexibility index (Phi) is 5.95. The lowest BCUT2D eigenvalue weighted by molar-refractivity contribution is -0.117. The number of anilines is 1. The highest BCUT2D eigenvalue weighted by Crippen LogP contribution is 2.29. The largest absolute Gasteiger partial charge is 0.455 e. The van der Waals surface area contributed by atoms with Crippen molar-refractivity contribution in [3.63, 3.8) is 0 Å². The molecule has 1 aliphatic heterocycles. The van der Waals surface area contributed by atoms with Gasteiger partial charge in [0.15, 0.2) is 5.75 Å². The Labute approximate surface area is 191 Å². The van der Waals surface area contributed by atoms with Gasteiger partial charge in [-0.3, -0.25) is 14.3 Å². The first kappa shape index (κ1) is 21.0. The molecule has 7 nitrogen and oxygen atoms in total. The van der Waals surface area contributed by atoms with Gasteiger partial charge in [-0.1, -0.05) is 42.5 Å². The van der Waals surface area contributed by atoms with E-state index in [-0.39, 0.29) is 17.6 Å². The predicted octanol–water partition coefficient (Wildman–Crippen LogP) is 4.40. The lowest BCUT2D eigenvalue weighted by Gasteiger charge is -2.32. The molecule has 3 aromatic carbocycles. The maximum absolute atomic E-state index is 12.8. The van der Waals surface area contributed by atoms with Crippen LogP contribution < -0.4 is 15.7 Å². The molecule has 1 aliphatic rings. The van der Waals surface area contributed by atoms with Crippen LogP contribution in [-0.2, 0) is 4.79 Å². The number of carbonyl (C=O) groups excluding carboxylic acids is 1. The molecule has 0 radical (unpaired) electrons. The van der Waals surface area contributed by atoms with E-state index in [0.717, 1.165) is 37.0 Å². The van der Waals surface area contributed by atoms with Crippen LogP contribution in [0.15, 0.2) is 83.7 Å². The number of carbonyl (C=O) groups is 1. The van der Waals surface area contributed by atoms with E-state index in [1.807, 2.05) is 83.4 Å². The lowest BCUT2D eigenvalue weighted by atomic mass is 10.0. The van der Waals surface area contributed by atoms with Crippen molar-refractivity contribution in [2.75, 3.05) is 25.0 Å². The number of likely N-dealkylation sites (tertiary alicyclic amines) is 1. The molecular weight excluding hydrogens is 416 g/mol. The zero-order valence-corrected chi connectivity index (χ0v) is 18.2. The highest BCUT2D eigenvalue weighted by atomic mass is 16.5. The van der Waals surface area contributed by atoms with Crippen molar-refractivity contribution < 1.29 is 9.53 Å². The van der Waals surface area contributed by atoms with Crippen molar-refractivity contribution >= 4 is 22.6 Å². The molecule has 1 saturated heterocycles. The van der Waals surface area contributed by atoms with Gasteiger partial charge in [-0.05, 0) is 49.2 Å². The van der Waals surface area contributed by atoms with E-state index in [1.165, 1.54) is 0 Å². The molecule has 168 valence electrons. The number of para-hydroxylation sites is 5. The standard InChI is InChI=1S/C26H26N4O3/c31-25(27-22-11-5-7-13-24(22)33-20-8-2-1-3-9-20)18-29-16-14-19(15-17-29)30-23-12-6-4-10-21(23)28-26(30)32/h1-13,19H,14-18H2,(H,27,31)(H,28,32). The molecule has 0 unspecified atom stereocenters. The number of piperidine rings is 1. The first-order chi connectivity index (χ1) is 16.2. The molecular formula is C26H26N4O3. The number of fused-ring (bicyclic) bond motifs is 1. The molecule has 1 fully saturated rings. The van der Waals surface area contributed by atoms with Gasteiger partial charge in [-0.25, -0.2) is 4.79 Å². The highest BCUT2D eigenvalue weighted by molar-refractivity contribution is 5.93. The van der Waals surface area contributed by atoms with Crippen LogP contribution in [0.3, 0.4) is 0 Å². The van der Waals surface area contributed by atoms with E-state index in [2.05, 4.69) is 15.2 Å². The number of hydrogen-bond acceptors (Lipinski definition) is 4. The summed E-state index contributed by atoms with van der Waals surface area (Å²) in [7, 11) is 0. The molecule has 33 heavy (non-hydrogen) atoms. The van der Waals surface area contributed by atoms with Gasteiger partial charge in [0.1, 0.15) is 5.75 Å². The quantitative estimate of drug-likeness (QED) is 0.464. The van der Waals surface area contributed by atoms with Crippen LogP contribution in [0.5, 0.6) is 11.5 Å². The number of rotatable bonds is 6. The molecule has 1 aromatic heterocycles. The van der Waals surface area contributed by atoms with E-state index in [9.17, 15) is 9.59 Å². The Balaban J connectivity index is 1.19. The molecule has 1 amide bonds. The minimum absolute atomic E-state index is 0.0672. The van der Waals surface area contributed by atoms with E-state index in [0.29, 0.717) is 23.7 Å². The van der Waals surface area contributed by atoms with Gasteiger partial charge in [0, 0.05) is 19.1 Å². The molecule has 0 bridgehead atoms. The molecule has 5 rings (SSSR count). The molecule has 0 atom stereocenters. The number of benzene rings is 3. The van der Waals surface area contributed by atoms with Gasteiger partial charge < -0.3 is 15.0 Å². The second-order valence-electron chi connectivity index (χ2n) is 8.28. The van der Waals surface area contributed by atoms with Crippen molar-refractivity contribution in [2.24, 2.45) is 0 Å². The highest BCUT2D eigenvalue weighted by Gasteiger charge is 2.24. The molecule has 0 spiro atoms. The van der Waals surface area contributed by atoms with Crippen molar-refractivity contribution in [1.82, 2.24) is 14.5 Å². The van der Waals surface area contributed by atoms with Crippen molar-refractivity contribution in [1.29, 1.82) is 0 Å². The van der Waals surface area contributed by atoms with Crippen LogP contribution >= 0.6 is 0 Å². The van der Waals surface area contributed by atoms with Crippen LogP contribution in [0.2, 0.25) is 0 Å². The van der Waals surface area contributed by atoms with Crippen LogP contribution in [-0.4, -0.2) is 40.0 Å². The average Bonchev–Trinajstić information content (AvgIpc) is 3.17. The molecule has 2 N–H and O–H groups in total. The van der Waals surface area contributed by atoms with Crippen LogP contribution in [0, 0.1) is 0 Å². The third-order valence-corrected chi connectivity index (χ3v) is 6.05. The molecule has 4 aromatic rings. The first-order valence-corrected chi connectivity index (χ1v) is 11.2. The summed E-state index contributed by atoms with van der Waals surface area (Å²) >= 11 is 0. The Morgan fingerprint density at radius 3 is 2.45 bits per heavy atom. The summed E-state index contributed by atoms with van der Waals surface area (Å²) in [6, 6.07) is 24.8. The van der Waals surface area contributed by atoms with Crippen molar-refractivity contribution in [3.8, 4) is 11.5 Å². The summed E-state index contributed by atoms with van der Waals surface area (Å²) in [5.41, 5.74) is 2.38. The monoisotopic (exact) mass is 442 g/mol. The minimum atomic E-state index is -0.0816. The van der Waals surface area contributed by atoms with Crippen LogP contribution in [0.1, 0.15) is 18.9 Å². The van der Waals surface area contributed by atoms with Crippen LogP contribution in [0.25, 0.3) is 11.0 Å². The Bertz CT molecular complexity index is 1300. The van der Waals surface area contributed by atoms with E-state index in [1.54, 1.807) is 0 Å². The second kappa shape index (κ2) is 9.34. The number of ether oxygens (including phenoxy) is 1. The Morgan fingerprint density at radius 1 is 0.939 bits per heavy atom. The first-order valence-electron chi connectivity index (χ1n) is 11.2. The number of imidazole rings is 1. The molecule has 2 heterocycles. The summed E-state index contributed by atoms with van der Waals surface area (Å²) in [5, 5.41) is 2.98. The Hall–Kier alpha value is -3.84. The number of H-pyrrole nitrogens is 1. The SMILES string of the molecule is O=C(CN1CCC(n2c(=O)[nH]c3ccccc32)CC1)Nc1ccccc1Oc1ccccc1. The second-order valence-corrected chi connectivity index (χ2v) is 8.28. The number of nitrogens with one attached hydrogen (secondary N) is 2. The normalized spacial score (nSPS) is 14.9. The number of aromatic amines is 1. The van der Waals surface area contributed by atoms with Gasteiger partial charge in [-0.2, -0.15) is 0 Å². The zero-order valence-electron chi connectivity index (χ0n) is 18.2. The fourth-order valence-corrected chi connectivity index (χ4v) is 4.44. The van der Waals surface area contributed by atoms with Crippen LogP contribution in [0.4, 0.5) is 5.69 Å². The smallest absolute Gasteiger partial charge is 0.326 e. The maximum atomic E-state index is 12.8. The maximum Gasteiger partial charge on any atom is 0.326 e. The van der Waals surface area contributed by atoms with Crippen molar-refractivity contribution in [3.05, 3.63) is 89.3 Å². The molecule has 7 heteroatoms. The topological polar surface area (TPSA) is 79.4 Å². The summed E-state index contributed by atoms with van der Waals surface area (Å²) in [6.45, 7) is 1.81. The van der Waals surface area contributed by atoms with Gasteiger partial charge in [0.05, 0.1) is 23.3 Å².